The Labute approximate surface area is 256 Å². The molecule has 0 aliphatic carbocycles. The van der Waals surface area contributed by atoms with Gasteiger partial charge >= 0.3 is 11.9 Å². The van der Waals surface area contributed by atoms with E-state index in [0.717, 1.165) is 17.2 Å². The van der Waals surface area contributed by atoms with Crippen LogP contribution in [0.3, 0.4) is 0 Å². The van der Waals surface area contributed by atoms with E-state index in [-0.39, 0.29) is 12.6 Å². The SMILES string of the molecule is COc1cccc(/C=C/C(=O)O)c1OCc1ccccc1.COc1cccc(C[C@H](N)C(=O)O)c1OCc1ccccc1.N. The molecule has 0 radical (unpaired) electrons. The zero-order chi connectivity index (χ0) is 31.0. The van der Waals surface area contributed by atoms with Gasteiger partial charge in [-0.15, -0.1) is 0 Å². The third-order valence-electron chi connectivity index (χ3n) is 6.12. The van der Waals surface area contributed by atoms with E-state index in [1.807, 2.05) is 60.7 Å². The molecule has 10 nitrogen and oxygen atoms in total. The number of carboxylic acid groups (broad SMARTS) is 2. The van der Waals surface area contributed by atoms with Crippen molar-refractivity contribution in [2.24, 2.45) is 5.73 Å². The summed E-state index contributed by atoms with van der Waals surface area (Å²) in [5, 5.41) is 17.7. The van der Waals surface area contributed by atoms with Crippen LogP contribution >= 0.6 is 0 Å². The summed E-state index contributed by atoms with van der Waals surface area (Å²) in [4.78, 5) is 21.6. The first-order valence-electron chi connectivity index (χ1n) is 13.4. The van der Waals surface area contributed by atoms with Crippen molar-refractivity contribution in [3.63, 3.8) is 0 Å². The number of hydrogen-bond donors (Lipinski definition) is 4. The molecular formula is C34H38N2O8. The molecule has 0 spiro atoms. The van der Waals surface area contributed by atoms with Crippen LogP contribution in [0.5, 0.6) is 23.0 Å². The molecule has 0 heterocycles. The highest BCUT2D eigenvalue weighted by Crippen LogP contribution is 2.33. The van der Waals surface area contributed by atoms with Crippen molar-refractivity contribution >= 4 is 18.0 Å². The summed E-state index contributed by atoms with van der Waals surface area (Å²) in [6.45, 7) is 0.756. The topological polar surface area (TPSA) is 173 Å². The zero-order valence-electron chi connectivity index (χ0n) is 24.7. The zero-order valence-corrected chi connectivity index (χ0v) is 24.7. The normalized spacial score (nSPS) is 10.9. The molecule has 10 heteroatoms. The van der Waals surface area contributed by atoms with E-state index in [0.29, 0.717) is 47.3 Å². The van der Waals surface area contributed by atoms with Gasteiger partial charge < -0.3 is 41.0 Å². The quantitative estimate of drug-likeness (QED) is 0.138. The third kappa shape index (κ3) is 10.8. The maximum Gasteiger partial charge on any atom is 0.328 e. The van der Waals surface area contributed by atoms with E-state index in [4.69, 9.17) is 34.9 Å². The van der Waals surface area contributed by atoms with Crippen LogP contribution in [0.25, 0.3) is 6.08 Å². The van der Waals surface area contributed by atoms with Gasteiger partial charge in [-0.2, -0.15) is 0 Å². The fourth-order valence-corrected chi connectivity index (χ4v) is 3.97. The van der Waals surface area contributed by atoms with Crippen molar-refractivity contribution in [1.82, 2.24) is 6.15 Å². The molecule has 1 atom stereocenters. The summed E-state index contributed by atoms with van der Waals surface area (Å²) < 4.78 is 22.2. The monoisotopic (exact) mass is 602 g/mol. The van der Waals surface area contributed by atoms with E-state index in [9.17, 15) is 9.59 Å². The van der Waals surface area contributed by atoms with E-state index >= 15 is 0 Å². The Morgan fingerprint density at radius 3 is 1.73 bits per heavy atom. The van der Waals surface area contributed by atoms with E-state index in [1.165, 1.54) is 6.08 Å². The average molecular weight is 603 g/mol. The Bertz CT molecular complexity index is 1490. The molecular weight excluding hydrogens is 564 g/mol. The molecule has 0 amide bonds. The number of carboxylic acids is 2. The molecule has 0 aliphatic heterocycles. The smallest absolute Gasteiger partial charge is 0.328 e. The van der Waals surface area contributed by atoms with Gasteiger partial charge in [-0.1, -0.05) is 84.9 Å². The largest absolute Gasteiger partial charge is 0.493 e. The second-order valence-electron chi connectivity index (χ2n) is 9.20. The fraction of sp³-hybridized carbons (Fsp3) is 0.176. The molecule has 0 bridgehead atoms. The lowest BCUT2D eigenvalue weighted by molar-refractivity contribution is -0.138. The van der Waals surface area contributed by atoms with Crippen LogP contribution in [-0.2, 0) is 29.2 Å². The molecule has 0 saturated carbocycles. The van der Waals surface area contributed by atoms with Gasteiger partial charge in [-0.25, -0.2) is 4.79 Å². The Kier molecular flexibility index (Phi) is 14.5. The van der Waals surface area contributed by atoms with Crippen LogP contribution in [0.15, 0.2) is 103 Å². The van der Waals surface area contributed by atoms with E-state index < -0.39 is 18.0 Å². The number of benzene rings is 4. The van der Waals surface area contributed by atoms with Crippen molar-refractivity contribution in [2.45, 2.75) is 25.7 Å². The first-order valence-corrected chi connectivity index (χ1v) is 13.4. The molecule has 7 N–H and O–H groups in total. The molecule has 232 valence electrons. The van der Waals surface area contributed by atoms with Gasteiger partial charge in [0.15, 0.2) is 23.0 Å². The molecule has 44 heavy (non-hydrogen) atoms. The van der Waals surface area contributed by atoms with Crippen LogP contribution in [0.4, 0.5) is 0 Å². The number of ether oxygens (including phenoxy) is 4. The lowest BCUT2D eigenvalue weighted by Crippen LogP contribution is -2.32. The minimum absolute atomic E-state index is 0. The Morgan fingerprint density at radius 1 is 0.727 bits per heavy atom. The lowest BCUT2D eigenvalue weighted by atomic mass is 10.0. The Balaban J connectivity index is 0.000000300. The highest BCUT2D eigenvalue weighted by atomic mass is 16.5. The summed E-state index contributed by atoms with van der Waals surface area (Å²) in [6.07, 6.45) is 2.74. The lowest BCUT2D eigenvalue weighted by Gasteiger charge is -2.16. The van der Waals surface area contributed by atoms with Crippen LogP contribution < -0.4 is 30.8 Å². The summed E-state index contributed by atoms with van der Waals surface area (Å²) >= 11 is 0. The number of aliphatic carboxylic acids is 2. The van der Waals surface area contributed by atoms with Crippen LogP contribution in [-0.4, -0.2) is 42.4 Å². The molecule has 0 unspecified atom stereocenters. The van der Waals surface area contributed by atoms with Gasteiger partial charge in [-0.3, -0.25) is 4.79 Å². The number of hydrogen-bond acceptors (Lipinski definition) is 8. The van der Waals surface area contributed by atoms with Crippen LogP contribution in [0.2, 0.25) is 0 Å². The molecule has 4 aromatic carbocycles. The van der Waals surface area contributed by atoms with Crippen molar-refractivity contribution in [2.75, 3.05) is 14.2 Å². The van der Waals surface area contributed by atoms with Crippen LogP contribution in [0, 0.1) is 0 Å². The van der Waals surface area contributed by atoms with Gasteiger partial charge in [0.05, 0.1) is 14.2 Å². The predicted octanol–water partition coefficient (Wildman–Crippen LogP) is 5.76. The van der Waals surface area contributed by atoms with E-state index in [2.05, 4.69) is 0 Å². The van der Waals surface area contributed by atoms with Gasteiger partial charge in [0.1, 0.15) is 19.3 Å². The van der Waals surface area contributed by atoms with Crippen molar-refractivity contribution in [3.8, 4) is 23.0 Å². The first kappa shape index (κ1) is 34.9. The van der Waals surface area contributed by atoms with Gasteiger partial charge in [0.2, 0.25) is 0 Å². The standard InChI is InChI=1S/C17H19NO4.C17H16O4.H3N/c1-21-15-9-5-8-13(10-14(18)17(19)20)16(15)22-11-12-6-3-2-4-7-12;1-20-15-9-5-8-14(10-11-16(18)19)17(15)21-12-13-6-3-2-4-7-13;/h2-9,14H,10-11,18H2,1H3,(H,19,20);2-11H,12H2,1H3,(H,18,19);1H3/b;11-10+;/t14-;;/m0../s1. The minimum atomic E-state index is -1.04. The maximum atomic E-state index is 11.0. The van der Waals surface area contributed by atoms with Gasteiger partial charge in [-0.05, 0) is 29.3 Å². The first-order chi connectivity index (χ1) is 20.8. The number of rotatable bonds is 13. The highest BCUT2D eigenvalue weighted by Gasteiger charge is 2.18. The van der Waals surface area contributed by atoms with Gasteiger partial charge in [0.25, 0.3) is 0 Å². The van der Waals surface area contributed by atoms with Gasteiger partial charge in [0, 0.05) is 23.6 Å². The fourth-order valence-electron chi connectivity index (χ4n) is 3.97. The third-order valence-corrected chi connectivity index (χ3v) is 6.12. The van der Waals surface area contributed by atoms with Crippen molar-refractivity contribution in [1.29, 1.82) is 0 Å². The number of nitrogens with two attached hydrogens (primary N) is 1. The number of carbonyl (C=O) groups is 2. The number of para-hydroxylation sites is 2. The number of methoxy groups -OCH3 is 2. The molecule has 0 aliphatic rings. The Hall–Kier alpha value is -5.32. The molecule has 0 saturated heterocycles. The van der Waals surface area contributed by atoms with Crippen molar-refractivity contribution in [3.05, 3.63) is 125 Å². The predicted molar refractivity (Wildman–Crippen MR) is 169 cm³/mol. The molecule has 4 aromatic rings. The minimum Gasteiger partial charge on any atom is -0.493 e. The second-order valence-corrected chi connectivity index (χ2v) is 9.20. The molecule has 4 rings (SSSR count). The summed E-state index contributed by atoms with van der Waals surface area (Å²) in [6, 6.07) is 29.2. The molecule has 0 aromatic heterocycles. The maximum absolute atomic E-state index is 11.0. The average Bonchev–Trinajstić information content (AvgIpc) is 3.03. The summed E-state index contributed by atoms with van der Waals surface area (Å²) in [7, 11) is 3.10. The molecule has 0 fully saturated rings. The summed E-state index contributed by atoms with van der Waals surface area (Å²) in [5.74, 6) is 0.139. The Morgan fingerprint density at radius 2 is 1.23 bits per heavy atom. The highest BCUT2D eigenvalue weighted by molar-refractivity contribution is 5.86. The summed E-state index contributed by atoms with van der Waals surface area (Å²) in [5.41, 5.74) is 9.03. The van der Waals surface area contributed by atoms with E-state index in [1.54, 1.807) is 50.6 Å². The van der Waals surface area contributed by atoms with Crippen LogP contribution in [0.1, 0.15) is 22.3 Å². The van der Waals surface area contributed by atoms with Crippen molar-refractivity contribution < 1.29 is 38.7 Å². The second kappa shape index (κ2) is 18.3.